The van der Waals surface area contributed by atoms with Gasteiger partial charge in [0.2, 0.25) is 5.95 Å². The van der Waals surface area contributed by atoms with Crippen LogP contribution in [0.15, 0.2) is 0 Å². The van der Waals surface area contributed by atoms with Crippen LogP contribution in [0.3, 0.4) is 0 Å². The van der Waals surface area contributed by atoms with Gasteiger partial charge in [-0.2, -0.15) is 0 Å². The summed E-state index contributed by atoms with van der Waals surface area (Å²) in [6.07, 6.45) is 3.14. The first kappa shape index (κ1) is 10.3. The lowest BCUT2D eigenvalue weighted by molar-refractivity contribution is 0.212. The Kier molecular flexibility index (Phi) is 2.37. The molecular weight excluding hydrogens is 188 g/mol. The van der Waals surface area contributed by atoms with Crippen LogP contribution in [0.2, 0.25) is 0 Å². The molecule has 0 fully saturated rings. The van der Waals surface area contributed by atoms with E-state index in [1.54, 1.807) is 0 Å². The Bertz CT molecular complexity index is 367. The van der Waals surface area contributed by atoms with Gasteiger partial charge in [-0.1, -0.05) is 20.8 Å². The summed E-state index contributed by atoms with van der Waals surface area (Å²) in [5.74, 6) is 0.965. The van der Waals surface area contributed by atoms with Crippen molar-refractivity contribution in [3.63, 3.8) is 0 Å². The van der Waals surface area contributed by atoms with Crippen LogP contribution in [0, 0.1) is 11.3 Å². The highest BCUT2D eigenvalue weighted by Gasteiger charge is 2.30. The van der Waals surface area contributed by atoms with E-state index in [-0.39, 0.29) is 0 Å². The SMILES string of the molecule is CC(C)(C)C1CCc2nc(N)nnc2C1. The zero-order valence-corrected chi connectivity index (χ0v) is 9.62. The molecule has 4 nitrogen and oxygen atoms in total. The molecule has 1 aliphatic carbocycles. The van der Waals surface area contributed by atoms with Gasteiger partial charge in [-0.25, -0.2) is 4.98 Å². The number of anilines is 1. The number of nitrogens with two attached hydrogens (primary N) is 1. The molecule has 1 aliphatic rings. The number of rotatable bonds is 0. The number of nitrogens with zero attached hydrogens (tertiary/aromatic N) is 3. The molecule has 2 N–H and O–H groups in total. The Morgan fingerprint density at radius 3 is 2.60 bits per heavy atom. The third kappa shape index (κ3) is 2.08. The average molecular weight is 206 g/mol. The van der Waals surface area contributed by atoms with Gasteiger partial charge in [-0.05, 0) is 30.6 Å². The molecule has 1 aromatic rings. The molecule has 0 radical (unpaired) electrons. The lowest BCUT2D eigenvalue weighted by Crippen LogP contribution is -2.28. The zero-order valence-electron chi connectivity index (χ0n) is 9.62. The fourth-order valence-electron chi connectivity index (χ4n) is 2.14. The van der Waals surface area contributed by atoms with Gasteiger partial charge in [0.1, 0.15) is 0 Å². The number of fused-ring (bicyclic) bond motifs is 1. The molecule has 0 amide bonds. The van der Waals surface area contributed by atoms with Crippen LogP contribution in [-0.4, -0.2) is 15.2 Å². The summed E-state index contributed by atoms with van der Waals surface area (Å²) in [5, 5.41) is 7.97. The Balaban J connectivity index is 2.24. The maximum atomic E-state index is 5.52. The van der Waals surface area contributed by atoms with E-state index >= 15 is 0 Å². The van der Waals surface area contributed by atoms with Gasteiger partial charge in [0, 0.05) is 0 Å². The minimum atomic E-state index is 0.294. The highest BCUT2D eigenvalue weighted by molar-refractivity contribution is 5.22. The summed E-state index contributed by atoms with van der Waals surface area (Å²) >= 11 is 0. The van der Waals surface area contributed by atoms with Crippen molar-refractivity contribution in [1.29, 1.82) is 0 Å². The predicted molar refractivity (Wildman–Crippen MR) is 59.2 cm³/mol. The average Bonchev–Trinajstić information content (AvgIpc) is 2.15. The number of aryl methyl sites for hydroxylation is 1. The Morgan fingerprint density at radius 2 is 1.93 bits per heavy atom. The van der Waals surface area contributed by atoms with Gasteiger partial charge in [-0.3, -0.25) is 0 Å². The molecular formula is C11H18N4. The van der Waals surface area contributed by atoms with Crippen molar-refractivity contribution >= 4 is 5.95 Å². The molecule has 0 saturated carbocycles. The normalized spacial score (nSPS) is 21.1. The molecule has 2 rings (SSSR count). The molecule has 0 saturated heterocycles. The number of aromatic nitrogens is 3. The minimum absolute atomic E-state index is 0.294. The van der Waals surface area contributed by atoms with Gasteiger partial charge in [0.05, 0.1) is 11.4 Å². The van der Waals surface area contributed by atoms with Gasteiger partial charge in [0.15, 0.2) is 0 Å². The van der Waals surface area contributed by atoms with Crippen molar-refractivity contribution in [2.75, 3.05) is 5.73 Å². The second-order valence-corrected chi connectivity index (χ2v) is 5.37. The third-order valence-corrected chi connectivity index (χ3v) is 3.25. The largest absolute Gasteiger partial charge is 0.366 e. The minimum Gasteiger partial charge on any atom is -0.366 e. The van der Waals surface area contributed by atoms with Crippen LogP contribution in [0.5, 0.6) is 0 Å². The van der Waals surface area contributed by atoms with Gasteiger partial charge < -0.3 is 5.73 Å². The fraction of sp³-hybridized carbons (Fsp3) is 0.727. The molecule has 0 bridgehead atoms. The van der Waals surface area contributed by atoms with Crippen LogP contribution >= 0.6 is 0 Å². The summed E-state index contributed by atoms with van der Waals surface area (Å²) in [4.78, 5) is 4.23. The molecule has 1 heterocycles. The first-order valence-electron chi connectivity index (χ1n) is 5.45. The molecule has 0 aromatic carbocycles. The van der Waals surface area contributed by atoms with Crippen molar-refractivity contribution < 1.29 is 0 Å². The van der Waals surface area contributed by atoms with Crippen molar-refractivity contribution in [2.24, 2.45) is 11.3 Å². The molecule has 0 spiro atoms. The van der Waals surface area contributed by atoms with Gasteiger partial charge in [0.25, 0.3) is 0 Å². The van der Waals surface area contributed by atoms with Crippen molar-refractivity contribution in [3.05, 3.63) is 11.4 Å². The zero-order chi connectivity index (χ0) is 11.1. The van der Waals surface area contributed by atoms with Crippen LogP contribution in [-0.2, 0) is 12.8 Å². The molecule has 0 aliphatic heterocycles. The topological polar surface area (TPSA) is 64.7 Å². The lowest BCUT2D eigenvalue weighted by Gasteiger charge is -2.33. The standard InChI is InChI=1S/C11H18N4/c1-11(2,3)7-4-5-8-9(6-7)14-15-10(12)13-8/h7H,4-6H2,1-3H3,(H2,12,13,15). The number of nitrogen functional groups attached to an aromatic ring is 1. The summed E-state index contributed by atoms with van der Waals surface area (Å²) in [5.41, 5.74) is 7.93. The summed E-state index contributed by atoms with van der Waals surface area (Å²) < 4.78 is 0. The smallest absolute Gasteiger partial charge is 0.240 e. The molecule has 15 heavy (non-hydrogen) atoms. The maximum Gasteiger partial charge on any atom is 0.240 e. The molecule has 4 heteroatoms. The van der Waals surface area contributed by atoms with Crippen molar-refractivity contribution in [2.45, 2.75) is 40.0 Å². The van der Waals surface area contributed by atoms with Gasteiger partial charge >= 0.3 is 0 Å². The molecule has 1 aromatic heterocycles. The lowest BCUT2D eigenvalue weighted by atomic mass is 9.73. The second kappa shape index (κ2) is 3.43. The maximum absolute atomic E-state index is 5.52. The van der Waals surface area contributed by atoms with Gasteiger partial charge in [-0.15, -0.1) is 10.2 Å². The summed E-state index contributed by atoms with van der Waals surface area (Å²) in [6, 6.07) is 0. The van der Waals surface area contributed by atoms with E-state index in [2.05, 4.69) is 36.0 Å². The van der Waals surface area contributed by atoms with E-state index in [1.807, 2.05) is 0 Å². The van der Waals surface area contributed by atoms with E-state index in [4.69, 9.17) is 5.73 Å². The Labute approximate surface area is 90.3 Å². The third-order valence-electron chi connectivity index (χ3n) is 3.25. The Morgan fingerprint density at radius 1 is 1.20 bits per heavy atom. The quantitative estimate of drug-likeness (QED) is 0.700. The van der Waals surface area contributed by atoms with Crippen molar-refractivity contribution in [3.8, 4) is 0 Å². The highest BCUT2D eigenvalue weighted by Crippen LogP contribution is 2.35. The van der Waals surface area contributed by atoms with E-state index in [9.17, 15) is 0 Å². The van der Waals surface area contributed by atoms with E-state index in [1.165, 1.54) is 6.42 Å². The predicted octanol–water partition coefficient (Wildman–Crippen LogP) is 1.60. The molecule has 82 valence electrons. The monoisotopic (exact) mass is 206 g/mol. The fourth-order valence-corrected chi connectivity index (χ4v) is 2.14. The van der Waals surface area contributed by atoms with Crippen LogP contribution in [0.4, 0.5) is 5.95 Å². The first-order valence-corrected chi connectivity index (χ1v) is 5.45. The highest BCUT2D eigenvalue weighted by atomic mass is 15.2. The van der Waals surface area contributed by atoms with E-state index < -0.39 is 0 Å². The van der Waals surface area contributed by atoms with Crippen LogP contribution in [0.25, 0.3) is 0 Å². The second-order valence-electron chi connectivity index (χ2n) is 5.37. The summed E-state index contributed by atoms with van der Waals surface area (Å²) in [7, 11) is 0. The van der Waals surface area contributed by atoms with Crippen LogP contribution < -0.4 is 5.73 Å². The number of hydrogen-bond donors (Lipinski definition) is 1. The summed E-state index contributed by atoms with van der Waals surface area (Å²) in [6.45, 7) is 6.84. The number of hydrogen-bond acceptors (Lipinski definition) is 4. The Hall–Kier alpha value is -1.19. The van der Waals surface area contributed by atoms with Crippen LogP contribution in [0.1, 0.15) is 38.6 Å². The first-order chi connectivity index (χ1) is 6.97. The molecule has 1 atom stereocenters. The van der Waals surface area contributed by atoms with Crippen molar-refractivity contribution in [1.82, 2.24) is 15.2 Å². The van der Waals surface area contributed by atoms with E-state index in [0.717, 1.165) is 24.2 Å². The molecule has 1 unspecified atom stereocenters. The van der Waals surface area contributed by atoms with E-state index in [0.29, 0.717) is 17.3 Å².